The van der Waals surface area contributed by atoms with Gasteiger partial charge >= 0.3 is 11.9 Å². The van der Waals surface area contributed by atoms with Gasteiger partial charge in [0.2, 0.25) is 17.3 Å². The van der Waals surface area contributed by atoms with E-state index in [9.17, 15) is 24.3 Å². The lowest BCUT2D eigenvalue weighted by molar-refractivity contribution is -0.652. The molecule has 216 valence electrons. The Kier molecular flexibility index (Phi) is 9.85. The first kappa shape index (κ1) is 31.1. The summed E-state index contributed by atoms with van der Waals surface area (Å²) in [6.45, 7) is 3.77. The molecule has 3 heterocycles. The lowest BCUT2D eigenvalue weighted by Gasteiger charge is -2.49. The molecule has 5 N–H and O–H groups in total. The van der Waals surface area contributed by atoms with Crippen molar-refractivity contribution < 1.29 is 34.1 Å². The summed E-state index contributed by atoms with van der Waals surface area (Å²) < 4.78 is 1.57. The van der Waals surface area contributed by atoms with Gasteiger partial charge in [0.15, 0.2) is 0 Å². The summed E-state index contributed by atoms with van der Waals surface area (Å²) in [5.41, 5.74) is 2.74. The summed E-state index contributed by atoms with van der Waals surface area (Å²) in [6.07, 6.45) is 2.25. The molecule has 1 aromatic heterocycles. The highest BCUT2D eigenvalue weighted by atomic mass is 35.5. The van der Waals surface area contributed by atoms with Gasteiger partial charge in [0, 0.05) is 58.4 Å². The van der Waals surface area contributed by atoms with Gasteiger partial charge in [0.05, 0.1) is 10.8 Å². The molecule has 10 nitrogen and oxygen atoms in total. The topological polar surface area (TPSA) is 154 Å². The summed E-state index contributed by atoms with van der Waals surface area (Å²) in [5.74, 6) is 3.46. The fraction of sp³-hybridized carbons (Fsp3) is 0.269. The number of rotatable bonds is 10. The maximum Gasteiger partial charge on any atom is 0.352 e. The third kappa shape index (κ3) is 6.97. The molecule has 41 heavy (non-hydrogen) atoms. The Bertz CT molecular complexity index is 1490. The number of pyridine rings is 1. The molecule has 2 aliphatic rings. The van der Waals surface area contributed by atoms with E-state index < -0.39 is 35.2 Å². The predicted octanol–water partition coefficient (Wildman–Crippen LogP) is 3.33. The Morgan fingerprint density at radius 2 is 1.83 bits per heavy atom. The molecule has 0 spiro atoms. The van der Waals surface area contributed by atoms with Crippen LogP contribution in [-0.2, 0) is 19.2 Å². The second kappa shape index (κ2) is 13.0. The molecule has 0 bridgehead atoms. The number of nitrogen functional groups attached to an aromatic ring is 1. The average molecular weight is 657 g/mol. The Morgan fingerprint density at radius 1 is 1.15 bits per heavy atom. The zero-order valence-electron chi connectivity index (χ0n) is 21.7. The summed E-state index contributed by atoms with van der Waals surface area (Å²) in [6, 6.07) is 6.02. The number of aryl methyl sites for hydroxylation is 2. The number of fused-ring (bicyclic) bond motifs is 1. The van der Waals surface area contributed by atoms with Crippen LogP contribution < -0.4 is 15.8 Å². The van der Waals surface area contributed by atoms with E-state index in [1.165, 1.54) is 46.6 Å². The number of β-lactam (4-membered cyclic amide) rings is 1. The van der Waals surface area contributed by atoms with Gasteiger partial charge in [-0.2, -0.15) is 0 Å². The Labute approximate surface area is 258 Å². The number of thioether (sulfide) groups is 3. The van der Waals surface area contributed by atoms with Gasteiger partial charge < -0.3 is 15.5 Å². The highest BCUT2D eigenvalue weighted by Gasteiger charge is 2.54. The van der Waals surface area contributed by atoms with Gasteiger partial charge in [-0.3, -0.25) is 14.5 Å². The number of benzene rings is 1. The highest BCUT2D eigenvalue weighted by Crippen LogP contribution is 2.42. The first-order valence-electron chi connectivity index (χ1n) is 12.0. The number of hydrogen-bond donors (Lipinski definition) is 4. The predicted molar refractivity (Wildman–Crippen MR) is 161 cm³/mol. The van der Waals surface area contributed by atoms with E-state index in [0.29, 0.717) is 27.5 Å². The molecule has 1 saturated heterocycles. The van der Waals surface area contributed by atoms with Crippen molar-refractivity contribution in [2.75, 3.05) is 23.1 Å². The number of hydrogen-bond acceptors (Lipinski definition) is 8. The summed E-state index contributed by atoms with van der Waals surface area (Å²) in [4.78, 5) is 51.3. The molecular weight excluding hydrogens is 631 g/mol. The lowest BCUT2D eigenvalue weighted by Crippen LogP contribution is -2.70. The van der Waals surface area contributed by atoms with Gasteiger partial charge in [-0.25, -0.2) is 15.4 Å². The smallest absolute Gasteiger partial charge is 0.352 e. The fourth-order valence-electron chi connectivity index (χ4n) is 4.22. The third-order valence-corrected chi connectivity index (χ3v) is 10.5. The molecule has 1 fully saturated rings. The molecule has 2 aromatic rings. The molecule has 0 saturated carbocycles. The highest BCUT2D eigenvalue weighted by molar-refractivity contribution is 8.01. The molecule has 1 aromatic carbocycles. The minimum Gasteiger partial charge on any atom is -0.478 e. The SMILES string of the molecule is Cc1cc(SCC2=C(C(=O)O)N3C(=O)[C@H](NC(=O)CSc4cc(Cl)c(C=CC(=O)O)cc4Cl)[C@H]3SC2)cc(C)[n+]1N. The first-order valence-corrected chi connectivity index (χ1v) is 15.8. The number of aromatic nitrogens is 1. The number of nitrogens with one attached hydrogen (secondary N) is 1. The van der Waals surface area contributed by atoms with E-state index in [1.54, 1.807) is 4.68 Å². The van der Waals surface area contributed by atoms with Gasteiger partial charge in [-0.1, -0.05) is 27.9 Å². The van der Waals surface area contributed by atoms with Crippen LogP contribution >= 0.6 is 58.5 Å². The quantitative estimate of drug-likeness (QED) is 0.0985. The van der Waals surface area contributed by atoms with Crippen molar-refractivity contribution in [1.29, 1.82) is 0 Å². The van der Waals surface area contributed by atoms with Crippen molar-refractivity contribution in [1.82, 2.24) is 10.2 Å². The number of carbonyl (C=O) groups excluding carboxylic acids is 2. The fourth-order valence-corrected chi connectivity index (χ4v) is 8.18. The van der Waals surface area contributed by atoms with Crippen LogP contribution in [0, 0.1) is 13.8 Å². The zero-order chi connectivity index (χ0) is 30.0. The molecular formula is C26H25Cl2N4O6S3+. The maximum absolute atomic E-state index is 13.0. The van der Waals surface area contributed by atoms with E-state index in [-0.39, 0.29) is 21.5 Å². The van der Waals surface area contributed by atoms with Gasteiger partial charge in [0.25, 0.3) is 5.91 Å². The standard InChI is InChI=1S/C26H24Cl2N4O6S3/c1-12-5-16(6-13(2)32(12)29)39-9-15-10-41-25-22(24(36)31(25)23(15)26(37)38)30-20(33)11-40-19-8-17(27)14(7-18(19)28)3-4-21(34)35/h3-8,22,25H,9-11,29H2,1-2H3,(H2-,30,33,34,35,37,38)/p+1/t22-,25+/m0/s1. The van der Waals surface area contributed by atoms with Crippen LogP contribution in [0.4, 0.5) is 0 Å². The second-order valence-corrected chi connectivity index (χ2v) is 13.1. The maximum atomic E-state index is 13.0. The van der Waals surface area contributed by atoms with Crippen molar-refractivity contribution in [3.8, 4) is 0 Å². The number of carbonyl (C=O) groups is 4. The Balaban J connectivity index is 1.38. The van der Waals surface area contributed by atoms with Gasteiger partial charge in [-0.15, -0.1) is 35.3 Å². The van der Waals surface area contributed by atoms with Crippen LogP contribution in [0.2, 0.25) is 10.0 Å². The number of halogens is 2. The summed E-state index contributed by atoms with van der Waals surface area (Å²) in [7, 11) is 0. The minimum absolute atomic E-state index is 0.0390. The number of carboxylic acid groups (broad SMARTS) is 2. The first-order chi connectivity index (χ1) is 19.4. The van der Waals surface area contributed by atoms with Gasteiger partial charge in [-0.05, 0) is 29.3 Å². The van der Waals surface area contributed by atoms with Crippen LogP contribution in [0.1, 0.15) is 17.0 Å². The summed E-state index contributed by atoms with van der Waals surface area (Å²) >= 11 is 16.5. The molecule has 15 heteroatoms. The van der Waals surface area contributed by atoms with E-state index in [0.717, 1.165) is 34.1 Å². The number of carboxylic acids is 2. The number of aliphatic carboxylic acids is 2. The Hall–Kier alpha value is -2.84. The van der Waals surface area contributed by atoms with Crippen molar-refractivity contribution in [3.05, 3.63) is 68.6 Å². The van der Waals surface area contributed by atoms with Crippen molar-refractivity contribution in [2.45, 2.75) is 35.1 Å². The van der Waals surface area contributed by atoms with Crippen LogP contribution in [0.15, 0.2) is 51.4 Å². The van der Waals surface area contributed by atoms with E-state index in [2.05, 4.69) is 5.32 Å². The largest absolute Gasteiger partial charge is 0.478 e. The summed E-state index contributed by atoms with van der Waals surface area (Å²) in [5, 5.41) is 21.5. The normalized spacial score (nSPS) is 18.3. The molecule has 0 unspecified atom stereocenters. The molecule has 0 radical (unpaired) electrons. The van der Waals surface area contributed by atoms with Crippen molar-refractivity contribution >= 4 is 88.3 Å². The molecule has 2 amide bonds. The van der Waals surface area contributed by atoms with Crippen LogP contribution in [0.5, 0.6) is 0 Å². The molecule has 0 aliphatic carbocycles. The Morgan fingerprint density at radius 3 is 2.46 bits per heavy atom. The van der Waals surface area contributed by atoms with Crippen molar-refractivity contribution in [2.24, 2.45) is 0 Å². The number of nitrogens with two attached hydrogens (primary N) is 1. The van der Waals surface area contributed by atoms with E-state index in [1.807, 2.05) is 26.0 Å². The number of amides is 2. The van der Waals surface area contributed by atoms with Crippen LogP contribution in [0.25, 0.3) is 6.08 Å². The molecule has 2 atom stereocenters. The van der Waals surface area contributed by atoms with Crippen LogP contribution in [0.3, 0.4) is 0 Å². The third-order valence-electron chi connectivity index (χ3n) is 6.26. The van der Waals surface area contributed by atoms with E-state index >= 15 is 0 Å². The lowest BCUT2D eigenvalue weighted by atomic mass is 10.0. The van der Waals surface area contributed by atoms with Crippen molar-refractivity contribution in [3.63, 3.8) is 0 Å². The zero-order valence-corrected chi connectivity index (χ0v) is 25.7. The number of nitrogens with zero attached hydrogens (tertiary/aromatic N) is 2. The minimum atomic E-state index is -1.19. The second-order valence-electron chi connectivity index (χ2n) is 9.11. The van der Waals surface area contributed by atoms with Crippen LogP contribution in [-0.4, -0.2) is 67.5 Å². The monoisotopic (exact) mass is 655 g/mol. The average Bonchev–Trinajstić information content (AvgIpc) is 2.91. The molecule has 2 aliphatic heterocycles. The van der Waals surface area contributed by atoms with Gasteiger partial charge in [0.1, 0.15) is 17.1 Å². The molecule has 4 rings (SSSR count). The van der Waals surface area contributed by atoms with E-state index in [4.69, 9.17) is 34.2 Å².